The van der Waals surface area contributed by atoms with Crippen LogP contribution < -0.4 is 16.0 Å². The fourth-order valence-electron chi connectivity index (χ4n) is 2.88. The normalized spacial score (nSPS) is 11.5. The molecule has 0 aliphatic carbocycles. The summed E-state index contributed by atoms with van der Waals surface area (Å²) in [5, 5.41) is 7.43. The van der Waals surface area contributed by atoms with Crippen molar-refractivity contribution in [1.29, 1.82) is 0 Å². The molecule has 2 rings (SSSR count). The van der Waals surface area contributed by atoms with E-state index in [2.05, 4.69) is 20.7 Å². The maximum Gasteiger partial charge on any atom is 0.325 e. The summed E-state index contributed by atoms with van der Waals surface area (Å²) in [4.78, 5) is 48.0. The molecule has 0 aromatic heterocycles. The van der Waals surface area contributed by atoms with Gasteiger partial charge >= 0.3 is 5.97 Å². The zero-order chi connectivity index (χ0) is 24.5. The molecule has 1 atom stereocenters. The topological polar surface area (TPSA) is 114 Å². The van der Waals surface area contributed by atoms with Crippen LogP contribution in [0.1, 0.15) is 29.8 Å². The minimum Gasteiger partial charge on any atom is -0.468 e. The van der Waals surface area contributed by atoms with E-state index in [1.165, 1.54) is 7.11 Å². The highest BCUT2D eigenvalue weighted by atomic mass is 19.1. The van der Waals surface area contributed by atoms with Crippen molar-refractivity contribution < 1.29 is 32.7 Å². The zero-order valence-electron chi connectivity index (χ0n) is 18.4. The molecule has 0 heterocycles. The minimum atomic E-state index is -1.06. The molecule has 0 aliphatic heterocycles. The van der Waals surface area contributed by atoms with Crippen LogP contribution in [0.15, 0.2) is 42.5 Å². The third kappa shape index (κ3) is 7.37. The van der Waals surface area contributed by atoms with Gasteiger partial charge in [-0.15, -0.1) is 0 Å². The van der Waals surface area contributed by atoms with Crippen molar-refractivity contribution in [3.05, 3.63) is 65.2 Å². The molecule has 8 nitrogen and oxygen atoms in total. The van der Waals surface area contributed by atoms with Crippen LogP contribution in [0.25, 0.3) is 0 Å². The second kappa shape index (κ2) is 11.7. The number of rotatable bonds is 9. The maximum absolute atomic E-state index is 13.9. The Bertz CT molecular complexity index is 1010. The van der Waals surface area contributed by atoms with Crippen molar-refractivity contribution in [2.24, 2.45) is 5.92 Å². The zero-order valence-corrected chi connectivity index (χ0v) is 18.4. The molecule has 3 amide bonds. The van der Waals surface area contributed by atoms with E-state index >= 15 is 0 Å². The Morgan fingerprint density at radius 2 is 1.58 bits per heavy atom. The molecule has 0 bridgehead atoms. The second-order valence-corrected chi connectivity index (χ2v) is 7.51. The summed E-state index contributed by atoms with van der Waals surface area (Å²) in [6.07, 6.45) is 0.0180. The monoisotopic (exact) mass is 461 g/mol. The van der Waals surface area contributed by atoms with Gasteiger partial charge in [0.15, 0.2) is 0 Å². The minimum absolute atomic E-state index is 0.0180. The Morgan fingerprint density at radius 1 is 0.970 bits per heavy atom. The number of carbonyl (C=O) groups excluding carboxylic acids is 4. The molecular formula is C23H25F2N3O5. The number of methoxy groups -OCH3 is 1. The highest BCUT2D eigenvalue weighted by molar-refractivity contribution is 6.01. The first-order chi connectivity index (χ1) is 15.6. The van der Waals surface area contributed by atoms with Gasteiger partial charge in [-0.1, -0.05) is 32.0 Å². The second-order valence-electron chi connectivity index (χ2n) is 7.51. The SMILES string of the molecule is COC(=O)CNC(=O)Cc1ccc(NC(=O)[C@@H](NC(=O)c2c(F)cccc2F)C(C)C)cc1. The summed E-state index contributed by atoms with van der Waals surface area (Å²) in [7, 11) is 1.22. The van der Waals surface area contributed by atoms with Crippen LogP contribution in [-0.2, 0) is 25.5 Å². The van der Waals surface area contributed by atoms with Gasteiger partial charge < -0.3 is 20.7 Å². The number of hydrogen-bond donors (Lipinski definition) is 3. The van der Waals surface area contributed by atoms with Crippen molar-refractivity contribution >= 4 is 29.4 Å². The first-order valence-electron chi connectivity index (χ1n) is 10.1. The number of carbonyl (C=O) groups is 4. The first-order valence-corrected chi connectivity index (χ1v) is 10.1. The smallest absolute Gasteiger partial charge is 0.325 e. The van der Waals surface area contributed by atoms with Crippen LogP contribution in [0, 0.1) is 17.6 Å². The molecule has 2 aromatic rings. The van der Waals surface area contributed by atoms with Crippen LogP contribution in [0.2, 0.25) is 0 Å². The number of esters is 1. The Kier molecular flexibility index (Phi) is 9.02. The molecule has 33 heavy (non-hydrogen) atoms. The number of halogens is 2. The van der Waals surface area contributed by atoms with Crippen molar-refractivity contribution in [1.82, 2.24) is 10.6 Å². The van der Waals surface area contributed by atoms with Gasteiger partial charge in [0.1, 0.15) is 29.8 Å². The van der Waals surface area contributed by atoms with Crippen molar-refractivity contribution in [3.8, 4) is 0 Å². The Morgan fingerprint density at radius 3 is 2.12 bits per heavy atom. The molecule has 176 valence electrons. The van der Waals surface area contributed by atoms with Gasteiger partial charge in [-0.25, -0.2) is 8.78 Å². The number of nitrogens with one attached hydrogen (secondary N) is 3. The molecule has 0 saturated carbocycles. The summed E-state index contributed by atoms with van der Waals surface area (Å²) < 4.78 is 32.2. The van der Waals surface area contributed by atoms with Gasteiger partial charge in [0, 0.05) is 5.69 Å². The third-order valence-electron chi connectivity index (χ3n) is 4.67. The molecule has 2 aromatic carbocycles. The fraction of sp³-hybridized carbons (Fsp3) is 0.304. The van der Waals surface area contributed by atoms with Crippen LogP contribution in [-0.4, -0.2) is 43.4 Å². The quantitative estimate of drug-likeness (QED) is 0.496. The molecule has 0 saturated heterocycles. The molecule has 0 aliphatic rings. The van der Waals surface area contributed by atoms with E-state index in [0.717, 1.165) is 18.2 Å². The van der Waals surface area contributed by atoms with E-state index in [1.54, 1.807) is 38.1 Å². The van der Waals surface area contributed by atoms with Gasteiger partial charge in [0.2, 0.25) is 11.8 Å². The number of benzene rings is 2. The predicted octanol–water partition coefficient (Wildman–Crippen LogP) is 2.19. The Hall–Kier alpha value is -3.82. The van der Waals surface area contributed by atoms with Crippen molar-refractivity contribution in [2.75, 3.05) is 19.0 Å². The van der Waals surface area contributed by atoms with E-state index in [1.807, 2.05) is 0 Å². The summed E-state index contributed by atoms with van der Waals surface area (Å²) >= 11 is 0. The van der Waals surface area contributed by atoms with E-state index < -0.39 is 41.0 Å². The van der Waals surface area contributed by atoms with Crippen LogP contribution in [0.5, 0.6) is 0 Å². The molecular weight excluding hydrogens is 436 g/mol. The molecule has 0 fully saturated rings. The molecule has 10 heteroatoms. The average Bonchev–Trinajstić information content (AvgIpc) is 2.76. The summed E-state index contributed by atoms with van der Waals surface area (Å²) in [5.74, 6) is -4.97. The number of amides is 3. The number of hydrogen-bond acceptors (Lipinski definition) is 5. The predicted molar refractivity (Wildman–Crippen MR) is 116 cm³/mol. The molecule has 0 radical (unpaired) electrons. The van der Waals surface area contributed by atoms with Crippen LogP contribution >= 0.6 is 0 Å². The highest BCUT2D eigenvalue weighted by Gasteiger charge is 2.27. The lowest BCUT2D eigenvalue weighted by Crippen LogP contribution is -2.47. The third-order valence-corrected chi connectivity index (χ3v) is 4.67. The largest absolute Gasteiger partial charge is 0.468 e. The fourth-order valence-corrected chi connectivity index (χ4v) is 2.88. The maximum atomic E-state index is 13.9. The molecule has 0 unspecified atom stereocenters. The van der Waals surface area contributed by atoms with Gasteiger partial charge in [-0.3, -0.25) is 19.2 Å². The van der Waals surface area contributed by atoms with Gasteiger partial charge in [0.25, 0.3) is 5.91 Å². The number of anilines is 1. The summed E-state index contributed by atoms with van der Waals surface area (Å²) in [6, 6.07) is 8.36. The van der Waals surface area contributed by atoms with Gasteiger partial charge in [-0.2, -0.15) is 0 Å². The Balaban J connectivity index is 2.00. The molecule has 3 N–H and O–H groups in total. The van der Waals surface area contributed by atoms with Gasteiger partial charge in [0.05, 0.1) is 13.5 Å². The van der Waals surface area contributed by atoms with E-state index in [4.69, 9.17) is 0 Å². The van der Waals surface area contributed by atoms with Gasteiger partial charge in [-0.05, 0) is 35.7 Å². The van der Waals surface area contributed by atoms with E-state index in [9.17, 15) is 28.0 Å². The lowest BCUT2D eigenvalue weighted by atomic mass is 10.0. The van der Waals surface area contributed by atoms with E-state index in [0.29, 0.717) is 11.3 Å². The lowest BCUT2D eigenvalue weighted by Gasteiger charge is -2.22. The Labute approximate surface area is 189 Å². The van der Waals surface area contributed by atoms with E-state index in [-0.39, 0.29) is 24.8 Å². The highest BCUT2D eigenvalue weighted by Crippen LogP contribution is 2.15. The standard InChI is InChI=1S/C23H25F2N3O5/c1-13(2)21(28-22(31)20-16(24)5-4-6-17(20)25)23(32)27-15-9-7-14(8-10-15)11-18(29)26-12-19(30)33-3/h4-10,13,21H,11-12H2,1-3H3,(H,26,29)(H,27,32)(H,28,31)/t21-/m0/s1. The summed E-state index contributed by atoms with van der Waals surface area (Å²) in [6.45, 7) is 3.12. The lowest BCUT2D eigenvalue weighted by molar-refractivity contribution is -0.141. The summed E-state index contributed by atoms with van der Waals surface area (Å²) in [5.41, 5.74) is 0.278. The van der Waals surface area contributed by atoms with Crippen molar-refractivity contribution in [3.63, 3.8) is 0 Å². The molecule has 0 spiro atoms. The van der Waals surface area contributed by atoms with Crippen LogP contribution in [0.4, 0.5) is 14.5 Å². The number of ether oxygens (including phenoxy) is 1. The first kappa shape index (κ1) is 25.4. The van der Waals surface area contributed by atoms with Crippen molar-refractivity contribution in [2.45, 2.75) is 26.3 Å². The van der Waals surface area contributed by atoms with Crippen LogP contribution in [0.3, 0.4) is 0 Å². The average molecular weight is 461 g/mol.